The summed E-state index contributed by atoms with van der Waals surface area (Å²) in [4.78, 5) is 28.5. The van der Waals surface area contributed by atoms with Crippen LogP contribution in [0.1, 0.15) is 38.8 Å². The van der Waals surface area contributed by atoms with Gasteiger partial charge < -0.3 is 10.2 Å². The fourth-order valence-corrected chi connectivity index (χ4v) is 6.07. The van der Waals surface area contributed by atoms with Gasteiger partial charge in [-0.05, 0) is 88.2 Å². The SMILES string of the molecule is Cc1cc(Cl)ccc1N(CC(=O)N(Cc1ccc(Cl)c(Cl)c1)[C@@H](C)C(=O)NC(C)(C)C)S(=O)(=O)c1ccccc1. The minimum atomic E-state index is -4.17. The van der Waals surface area contributed by atoms with Crippen LogP contribution in [0.25, 0.3) is 0 Å². The lowest BCUT2D eigenvalue weighted by atomic mass is 10.1. The zero-order chi connectivity index (χ0) is 29.8. The van der Waals surface area contributed by atoms with E-state index in [1.165, 1.54) is 17.0 Å². The summed E-state index contributed by atoms with van der Waals surface area (Å²) in [7, 11) is -4.17. The van der Waals surface area contributed by atoms with E-state index in [1.807, 2.05) is 20.8 Å². The summed E-state index contributed by atoms with van der Waals surface area (Å²) in [6.45, 7) is 8.24. The molecule has 0 aliphatic rings. The summed E-state index contributed by atoms with van der Waals surface area (Å²) in [5.74, 6) is -0.975. The summed E-state index contributed by atoms with van der Waals surface area (Å²) in [5.41, 5.74) is 0.933. The first-order chi connectivity index (χ1) is 18.6. The van der Waals surface area contributed by atoms with Crippen LogP contribution in [0.2, 0.25) is 15.1 Å². The van der Waals surface area contributed by atoms with Crippen molar-refractivity contribution in [2.24, 2.45) is 0 Å². The molecule has 2 amide bonds. The van der Waals surface area contributed by atoms with E-state index in [9.17, 15) is 18.0 Å². The predicted molar refractivity (Wildman–Crippen MR) is 162 cm³/mol. The molecule has 0 unspecified atom stereocenters. The molecule has 11 heteroatoms. The fraction of sp³-hybridized carbons (Fsp3) is 0.310. The highest BCUT2D eigenvalue weighted by molar-refractivity contribution is 7.92. The van der Waals surface area contributed by atoms with E-state index in [1.54, 1.807) is 68.4 Å². The van der Waals surface area contributed by atoms with Gasteiger partial charge in [-0.2, -0.15) is 0 Å². The molecular weight excluding hydrogens is 593 g/mol. The molecular formula is C29H32Cl3N3O4S. The summed E-state index contributed by atoms with van der Waals surface area (Å²) >= 11 is 18.4. The van der Waals surface area contributed by atoms with Crippen molar-refractivity contribution in [3.05, 3.63) is 92.9 Å². The Bertz CT molecular complexity index is 1490. The molecule has 0 saturated heterocycles. The number of anilines is 1. The smallest absolute Gasteiger partial charge is 0.264 e. The Balaban J connectivity index is 2.07. The molecule has 3 aromatic carbocycles. The topological polar surface area (TPSA) is 86.8 Å². The zero-order valence-electron chi connectivity index (χ0n) is 22.9. The lowest BCUT2D eigenvalue weighted by Crippen LogP contribution is -2.54. The van der Waals surface area contributed by atoms with Crippen LogP contribution >= 0.6 is 34.8 Å². The van der Waals surface area contributed by atoms with Crippen LogP contribution in [0.5, 0.6) is 0 Å². The Morgan fingerprint density at radius 1 is 0.925 bits per heavy atom. The van der Waals surface area contributed by atoms with E-state index in [4.69, 9.17) is 34.8 Å². The molecule has 3 rings (SSSR count). The van der Waals surface area contributed by atoms with E-state index in [2.05, 4.69) is 5.32 Å². The van der Waals surface area contributed by atoms with Gasteiger partial charge in [-0.25, -0.2) is 8.42 Å². The van der Waals surface area contributed by atoms with Crippen molar-refractivity contribution in [2.75, 3.05) is 10.8 Å². The third-order valence-corrected chi connectivity index (χ3v) is 8.79. The largest absolute Gasteiger partial charge is 0.350 e. The monoisotopic (exact) mass is 623 g/mol. The molecule has 7 nitrogen and oxygen atoms in total. The molecule has 214 valence electrons. The van der Waals surface area contributed by atoms with Gasteiger partial charge in [0.1, 0.15) is 12.6 Å². The normalized spacial score (nSPS) is 12.5. The highest BCUT2D eigenvalue weighted by atomic mass is 35.5. The van der Waals surface area contributed by atoms with E-state index in [-0.39, 0.29) is 17.3 Å². The number of hydrogen-bond donors (Lipinski definition) is 1. The summed E-state index contributed by atoms with van der Waals surface area (Å²) in [6, 6.07) is 16.6. The number of benzene rings is 3. The number of nitrogens with one attached hydrogen (secondary N) is 1. The minimum Gasteiger partial charge on any atom is -0.350 e. The molecule has 0 aliphatic heterocycles. The number of nitrogens with zero attached hydrogens (tertiary/aromatic N) is 2. The number of aryl methyl sites for hydroxylation is 1. The third-order valence-electron chi connectivity index (χ3n) is 6.04. The van der Waals surface area contributed by atoms with Crippen LogP contribution in [0.4, 0.5) is 5.69 Å². The van der Waals surface area contributed by atoms with E-state index in [0.29, 0.717) is 31.9 Å². The van der Waals surface area contributed by atoms with Gasteiger partial charge >= 0.3 is 0 Å². The van der Waals surface area contributed by atoms with Gasteiger partial charge in [-0.15, -0.1) is 0 Å². The van der Waals surface area contributed by atoms with Gasteiger partial charge in [0.15, 0.2) is 0 Å². The van der Waals surface area contributed by atoms with Gasteiger partial charge in [-0.1, -0.05) is 59.1 Å². The first-order valence-electron chi connectivity index (χ1n) is 12.5. The lowest BCUT2D eigenvalue weighted by molar-refractivity contribution is -0.140. The van der Waals surface area contributed by atoms with Crippen LogP contribution in [0, 0.1) is 6.92 Å². The maximum absolute atomic E-state index is 14.0. The second kappa shape index (κ2) is 12.8. The van der Waals surface area contributed by atoms with Gasteiger partial charge in [0.2, 0.25) is 11.8 Å². The number of rotatable bonds is 9. The molecule has 0 bridgehead atoms. The minimum absolute atomic E-state index is 0.00667. The highest BCUT2D eigenvalue weighted by Gasteiger charge is 2.34. The quantitative estimate of drug-likeness (QED) is 0.295. The van der Waals surface area contributed by atoms with Gasteiger partial charge in [0.05, 0.1) is 20.6 Å². The van der Waals surface area contributed by atoms with Gasteiger partial charge in [-0.3, -0.25) is 13.9 Å². The van der Waals surface area contributed by atoms with Crippen molar-refractivity contribution in [1.82, 2.24) is 10.2 Å². The van der Waals surface area contributed by atoms with Crippen LogP contribution in [0.3, 0.4) is 0 Å². The Morgan fingerprint density at radius 2 is 1.57 bits per heavy atom. The number of carbonyl (C=O) groups excluding carboxylic acids is 2. The standard InChI is InChI=1S/C29H32Cl3N3O4S/c1-19-15-22(30)12-14-26(19)35(40(38,39)23-9-7-6-8-10-23)18-27(36)34(20(2)28(37)33-29(3,4)5)17-21-11-13-24(31)25(32)16-21/h6-16,20H,17-18H2,1-5H3,(H,33,37)/t20-/m0/s1. The summed E-state index contributed by atoms with van der Waals surface area (Å²) < 4.78 is 28.8. The molecule has 40 heavy (non-hydrogen) atoms. The van der Waals surface area contributed by atoms with E-state index < -0.39 is 34.1 Å². The zero-order valence-corrected chi connectivity index (χ0v) is 26.0. The molecule has 0 aliphatic carbocycles. The number of carbonyl (C=O) groups is 2. The van der Waals surface area contributed by atoms with Crippen molar-refractivity contribution in [3.8, 4) is 0 Å². The fourth-order valence-electron chi connectivity index (χ4n) is 4.02. The van der Waals surface area contributed by atoms with Crippen molar-refractivity contribution < 1.29 is 18.0 Å². The highest BCUT2D eigenvalue weighted by Crippen LogP contribution is 2.30. The van der Waals surface area contributed by atoms with Crippen molar-refractivity contribution in [1.29, 1.82) is 0 Å². The van der Waals surface area contributed by atoms with E-state index >= 15 is 0 Å². The molecule has 0 heterocycles. The molecule has 0 spiro atoms. The first kappa shape index (κ1) is 31.7. The molecule has 3 aromatic rings. The van der Waals surface area contributed by atoms with Crippen LogP contribution in [-0.2, 0) is 26.2 Å². The Morgan fingerprint density at radius 3 is 2.15 bits per heavy atom. The number of amides is 2. The van der Waals surface area contributed by atoms with E-state index in [0.717, 1.165) is 4.31 Å². The second-order valence-corrected chi connectivity index (χ2v) is 13.6. The number of sulfonamides is 1. The predicted octanol–water partition coefficient (Wildman–Crippen LogP) is 6.48. The first-order valence-corrected chi connectivity index (χ1v) is 15.1. The Hall–Kier alpha value is -2.78. The van der Waals surface area contributed by atoms with Crippen molar-refractivity contribution >= 4 is 62.3 Å². The molecule has 0 aromatic heterocycles. The molecule has 0 fully saturated rings. The summed E-state index contributed by atoms with van der Waals surface area (Å²) in [5, 5.41) is 3.96. The van der Waals surface area contributed by atoms with Crippen LogP contribution in [-0.4, -0.2) is 43.3 Å². The Kier molecular flexibility index (Phi) is 10.2. The number of hydrogen-bond acceptors (Lipinski definition) is 4. The number of halogens is 3. The molecule has 1 atom stereocenters. The second-order valence-electron chi connectivity index (χ2n) is 10.4. The average Bonchev–Trinajstić information content (AvgIpc) is 2.87. The van der Waals surface area contributed by atoms with Crippen LogP contribution < -0.4 is 9.62 Å². The van der Waals surface area contributed by atoms with Crippen molar-refractivity contribution in [3.63, 3.8) is 0 Å². The Labute approximate surface area is 251 Å². The average molecular weight is 625 g/mol. The van der Waals surface area contributed by atoms with Gasteiger partial charge in [0, 0.05) is 17.1 Å². The molecule has 0 radical (unpaired) electrons. The summed E-state index contributed by atoms with van der Waals surface area (Å²) in [6.07, 6.45) is 0. The van der Waals surface area contributed by atoms with Crippen molar-refractivity contribution in [2.45, 2.75) is 57.6 Å². The lowest BCUT2D eigenvalue weighted by Gasteiger charge is -2.34. The van der Waals surface area contributed by atoms with Gasteiger partial charge in [0.25, 0.3) is 10.0 Å². The maximum Gasteiger partial charge on any atom is 0.264 e. The maximum atomic E-state index is 14.0. The van der Waals surface area contributed by atoms with Crippen LogP contribution in [0.15, 0.2) is 71.6 Å². The molecule has 0 saturated carbocycles. The molecule has 1 N–H and O–H groups in total. The third kappa shape index (κ3) is 7.91.